The number of nitrogens with zero attached hydrogens (tertiary/aromatic N) is 3. The van der Waals surface area contributed by atoms with Gasteiger partial charge < -0.3 is 4.90 Å². The Balaban J connectivity index is 1.66. The zero-order valence-electron chi connectivity index (χ0n) is 15.7. The molecule has 0 bridgehead atoms. The van der Waals surface area contributed by atoms with E-state index < -0.39 is 4.92 Å². The predicted octanol–water partition coefficient (Wildman–Crippen LogP) is 4.47. The number of non-ortho nitro benzene ring substituents is 1. The van der Waals surface area contributed by atoms with Crippen LogP contribution in [0.4, 0.5) is 5.69 Å². The van der Waals surface area contributed by atoms with Crippen LogP contribution >= 0.6 is 0 Å². The first kappa shape index (κ1) is 17.6. The molecule has 1 aromatic heterocycles. The summed E-state index contributed by atoms with van der Waals surface area (Å²) in [6.07, 6.45) is 4.18. The molecule has 7 nitrogen and oxygen atoms in total. The lowest BCUT2D eigenvalue weighted by atomic mass is 9.95. The van der Waals surface area contributed by atoms with E-state index in [1.165, 1.54) is 12.1 Å². The number of nitro groups is 1. The van der Waals surface area contributed by atoms with E-state index in [-0.39, 0.29) is 23.7 Å². The summed E-state index contributed by atoms with van der Waals surface area (Å²) in [7, 11) is 0. The number of rotatable bonds is 4. The fourth-order valence-electron chi connectivity index (χ4n) is 4.65. The Morgan fingerprint density at radius 3 is 2.38 bits per heavy atom. The summed E-state index contributed by atoms with van der Waals surface area (Å²) < 4.78 is 0. The van der Waals surface area contributed by atoms with Crippen LogP contribution in [0.2, 0.25) is 0 Å². The van der Waals surface area contributed by atoms with Crippen molar-refractivity contribution in [3.8, 4) is 11.3 Å². The molecule has 1 aliphatic heterocycles. The minimum absolute atomic E-state index is 0.0371. The number of nitro benzene ring substituents is 1. The van der Waals surface area contributed by atoms with Crippen LogP contribution in [-0.4, -0.2) is 32.0 Å². The van der Waals surface area contributed by atoms with Crippen molar-refractivity contribution in [3.63, 3.8) is 0 Å². The third-order valence-electron chi connectivity index (χ3n) is 5.99. The molecule has 0 saturated heterocycles. The van der Waals surface area contributed by atoms with Gasteiger partial charge in [0.15, 0.2) is 0 Å². The molecule has 1 amide bonds. The molecule has 0 radical (unpaired) electrons. The van der Waals surface area contributed by atoms with Crippen molar-refractivity contribution in [1.82, 2.24) is 15.1 Å². The van der Waals surface area contributed by atoms with Crippen molar-refractivity contribution in [2.75, 3.05) is 0 Å². The zero-order chi connectivity index (χ0) is 20.0. The highest BCUT2D eigenvalue weighted by atomic mass is 16.6. The summed E-state index contributed by atoms with van der Waals surface area (Å²) in [5.41, 5.74) is 4.01. The molecule has 7 heteroatoms. The lowest BCUT2D eigenvalue weighted by molar-refractivity contribution is -0.384. The molecule has 1 aliphatic carbocycles. The van der Waals surface area contributed by atoms with Gasteiger partial charge in [-0.2, -0.15) is 5.10 Å². The maximum Gasteiger partial charge on any atom is 0.273 e. The topological polar surface area (TPSA) is 92.1 Å². The smallest absolute Gasteiger partial charge is 0.273 e. The predicted molar refractivity (Wildman–Crippen MR) is 107 cm³/mol. The second-order valence-electron chi connectivity index (χ2n) is 7.63. The molecule has 3 aromatic rings. The SMILES string of the molecule is O=C1c2[nH]nc(-c3ccccc3)c2C(c2ccc([N+](=O)[O-])cc2)N1C1CCCC1. The van der Waals surface area contributed by atoms with Crippen LogP contribution in [0.15, 0.2) is 54.6 Å². The molecule has 2 heterocycles. The quantitative estimate of drug-likeness (QED) is 0.527. The van der Waals surface area contributed by atoms with E-state index in [0.717, 1.165) is 48.1 Å². The van der Waals surface area contributed by atoms with E-state index >= 15 is 0 Å². The highest BCUT2D eigenvalue weighted by molar-refractivity contribution is 6.00. The average Bonchev–Trinajstić information content (AvgIpc) is 3.46. The van der Waals surface area contributed by atoms with Crippen LogP contribution in [-0.2, 0) is 0 Å². The highest BCUT2D eigenvalue weighted by Gasteiger charge is 2.45. The second kappa shape index (κ2) is 6.84. The van der Waals surface area contributed by atoms with Crippen LogP contribution in [0.1, 0.15) is 53.3 Å². The number of benzene rings is 2. The van der Waals surface area contributed by atoms with Crippen molar-refractivity contribution in [2.45, 2.75) is 37.8 Å². The van der Waals surface area contributed by atoms with Crippen molar-refractivity contribution in [3.05, 3.63) is 81.5 Å². The summed E-state index contributed by atoms with van der Waals surface area (Å²) in [5.74, 6) is -0.0371. The van der Waals surface area contributed by atoms with Crippen molar-refractivity contribution < 1.29 is 9.72 Å². The minimum atomic E-state index is -0.406. The maximum absolute atomic E-state index is 13.3. The number of fused-ring (bicyclic) bond motifs is 1. The van der Waals surface area contributed by atoms with Crippen molar-refractivity contribution in [2.24, 2.45) is 0 Å². The number of carbonyl (C=O) groups is 1. The Bertz CT molecular complexity index is 1070. The van der Waals surface area contributed by atoms with Crippen LogP contribution in [0.3, 0.4) is 0 Å². The van der Waals surface area contributed by atoms with Crippen molar-refractivity contribution >= 4 is 11.6 Å². The van der Waals surface area contributed by atoms with E-state index in [9.17, 15) is 14.9 Å². The highest BCUT2D eigenvalue weighted by Crippen LogP contribution is 2.46. The van der Waals surface area contributed by atoms with Gasteiger partial charge in [0.1, 0.15) is 5.69 Å². The van der Waals surface area contributed by atoms with Crippen LogP contribution in [0.25, 0.3) is 11.3 Å². The molecule has 1 atom stereocenters. The number of amides is 1. The molecule has 29 heavy (non-hydrogen) atoms. The van der Waals surface area contributed by atoms with Crippen LogP contribution < -0.4 is 0 Å². The number of hydrogen-bond donors (Lipinski definition) is 1. The zero-order valence-corrected chi connectivity index (χ0v) is 15.7. The third kappa shape index (κ3) is 2.81. The fourth-order valence-corrected chi connectivity index (χ4v) is 4.65. The van der Waals surface area contributed by atoms with Gasteiger partial charge >= 0.3 is 0 Å². The largest absolute Gasteiger partial charge is 0.323 e. The van der Waals surface area contributed by atoms with Gasteiger partial charge in [-0.15, -0.1) is 0 Å². The maximum atomic E-state index is 13.3. The van der Waals surface area contributed by atoms with E-state index in [0.29, 0.717) is 5.69 Å². The molecule has 0 spiro atoms. The summed E-state index contributed by atoms with van der Waals surface area (Å²) in [4.78, 5) is 26.0. The first-order chi connectivity index (χ1) is 14.1. The Labute approximate surface area is 167 Å². The van der Waals surface area contributed by atoms with Gasteiger partial charge in [-0.05, 0) is 30.5 Å². The van der Waals surface area contributed by atoms with Gasteiger partial charge in [0.2, 0.25) is 0 Å². The monoisotopic (exact) mass is 388 g/mol. The van der Waals surface area contributed by atoms with E-state index in [2.05, 4.69) is 10.2 Å². The number of nitrogens with one attached hydrogen (secondary N) is 1. The Hall–Kier alpha value is -3.48. The average molecular weight is 388 g/mol. The molecular weight excluding hydrogens is 368 g/mol. The van der Waals surface area contributed by atoms with Gasteiger partial charge in [-0.25, -0.2) is 0 Å². The molecular formula is C22H20N4O3. The van der Waals surface area contributed by atoms with Gasteiger partial charge in [0.05, 0.1) is 16.7 Å². The molecule has 146 valence electrons. The Morgan fingerprint density at radius 1 is 1.03 bits per heavy atom. The lowest BCUT2D eigenvalue weighted by Crippen LogP contribution is -2.37. The van der Waals surface area contributed by atoms with E-state index in [4.69, 9.17) is 0 Å². The number of carbonyl (C=O) groups excluding carboxylic acids is 1. The molecule has 1 saturated carbocycles. The molecule has 1 fully saturated rings. The first-order valence-corrected chi connectivity index (χ1v) is 9.86. The van der Waals surface area contributed by atoms with Gasteiger partial charge in [-0.1, -0.05) is 43.2 Å². The van der Waals surface area contributed by atoms with E-state index in [1.807, 2.05) is 35.2 Å². The van der Waals surface area contributed by atoms with Crippen LogP contribution in [0, 0.1) is 10.1 Å². The van der Waals surface area contributed by atoms with Gasteiger partial charge in [0.25, 0.3) is 11.6 Å². The number of H-pyrrole nitrogens is 1. The summed E-state index contributed by atoms with van der Waals surface area (Å²) in [6, 6.07) is 16.2. The standard InChI is InChI=1S/C22H20N4O3/c27-22-20-18(19(23-24-20)14-6-2-1-3-7-14)21(25(22)16-8-4-5-9-16)15-10-12-17(13-11-15)26(28)29/h1-3,6-7,10-13,16,21H,4-5,8-9H2,(H,23,24). The van der Waals surface area contributed by atoms with Crippen molar-refractivity contribution in [1.29, 1.82) is 0 Å². The third-order valence-corrected chi connectivity index (χ3v) is 5.99. The summed E-state index contributed by atoms with van der Waals surface area (Å²) in [5, 5.41) is 18.5. The van der Waals surface area contributed by atoms with Crippen LogP contribution in [0.5, 0.6) is 0 Å². The van der Waals surface area contributed by atoms with Gasteiger partial charge in [-0.3, -0.25) is 20.0 Å². The fraction of sp³-hybridized carbons (Fsp3) is 0.273. The lowest BCUT2D eigenvalue weighted by Gasteiger charge is -2.31. The molecule has 1 unspecified atom stereocenters. The first-order valence-electron chi connectivity index (χ1n) is 9.86. The molecule has 2 aliphatic rings. The Morgan fingerprint density at radius 2 is 1.72 bits per heavy atom. The Kier molecular flexibility index (Phi) is 4.16. The van der Waals surface area contributed by atoms with Gasteiger partial charge in [0, 0.05) is 29.3 Å². The molecule has 1 N–H and O–H groups in total. The van der Waals surface area contributed by atoms with E-state index in [1.54, 1.807) is 12.1 Å². The summed E-state index contributed by atoms with van der Waals surface area (Å²) in [6.45, 7) is 0. The number of hydrogen-bond acceptors (Lipinski definition) is 4. The normalized spacial score (nSPS) is 19.0. The second-order valence-corrected chi connectivity index (χ2v) is 7.63. The molecule has 2 aromatic carbocycles. The molecule has 5 rings (SSSR count). The number of aromatic nitrogens is 2. The summed E-state index contributed by atoms with van der Waals surface area (Å²) >= 11 is 0. The minimum Gasteiger partial charge on any atom is -0.323 e. The number of aromatic amines is 1.